The van der Waals surface area contributed by atoms with Gasteiger partial charge in [-0.05, 0) is 24.6 Å². The fraction of sp³-hybridized carbons (Fsp3) is 0.200. The maximum Gasteiger partial charge on any atom is 0.152 e. The van der Waals surface area contributed by atoms with E-state index in [1.54, 1.807) is 0 Å². The zero-order chi connectivity index (χ0) is 10.1. The number of aromatic nitrogens is 2. The summed E-state index contributed by atoms with van der Waals surface area (Å²) in [6.07, 6.45) is 0.676. The molecule has 0 aliphatic carbocycles. The van der Waals surface area contributed by atoms with Crippen LogP contribution in [0, 0.1) is 5.41 Å². The van der Waals surface area contributed by atoms with E-state index in [9.17, 15) is 0 Å². The van der Waals surface area contributed by atoms with Crippen LogP contribution < -0.4 is 5.73 Å². The van der Waals surface area contributed by atoms with E-state index in [2.05, 4.69) is 9.97 Å². The molecule has 1 aromatic carbocycles. The van der Waals surface area contributed by atoms with Crippen LogP contribution in [0.2, 0.25) is 0 Å². The van der Waals surface area contributed by atoms with Crippen molar-refractivity contribution in [2.24, 2.45) is 0 Å². The van der Waals surface area contributed by atoms with E-state index >= 15 is 0 Å². The predicted molar refractivity (Wildman–Crippen MR) is 57.6 cm³/mol. The second kappa shape index (κ2) is 3.14. The number of hydrogen-bond acceptors (Lipinski definition) is 3. The molecule has 4 heteroatoms. The second-order valence-electron chi connectivity index (χ2n) is 3.19. The van der Waals surface area contributed by atoms with Crippen LogP contribution in [0.4, 0.5) is 5.69 Å². The highest BCUT2D eigenvalue weighted by Crippen LogP contribution is 2.15. The van der Waals surface area contributed by atoms with E-state index in [4.69, 9.17) is 11.1 Å². The number of nitrogens with one attached hydrogen (secondary N) is 2. The summed E-state index contributed by atoms with van der Waals surface area (Å²) in [5, 5.41) is 7.64. The Hall–Kier alpha value is -1.84. The summed E-state index contributed by atoms with van der Waals surface area (Å²) in [6, 6.07) is 5.49. The Morgan fingerprint density at radius 1 is 1.57 bits per heavy atom. The van der Waals surface area contributed by atoms with Crippen molar-refractivity contribution in [2.75, 3.05) is 5.73 Å². The van der Waals surface area contributed by atoms with E-state index in [0.29, 0.717) is 23.6 Å². The summed E-state index contributed by atoms with van der Waals surface area (Å²) < 4.78 is 0. The summed E-state index contributed by atoms with van der Waals surface area (Å²) in [7, 11) is 0. The second-order valence-corrected chi connectivity index (χ2v) is 3.19. The minimum Gasteiger partial charge on any atom is -0.399 e. The fourth-order valence-electron chi connectivity index (χ4n) is 1.34. The molecule has 1 heterocycles. The lowest BCUT2D eigenvalue weighted by Crippen LogP contribution is -1.98. The first-order valence-corrected chi connectivity index (χ1v) is 4.53. The molecular formula is C10H12N4. The first kappa shape index (κ1) is 8.74. The highest BCUT2D eigenvalue weighted by molar-refractivity contribution is 5.97. The van der Waals surface area contributed by atoms with Crippen LogP contribution in [0.1, 0.15) is 19.2 Å². The third-order valence-corrected chi connectivity index (χ3v) is 2.15. The van der Waals surface area contributed by atoms with Crippen LogP contribution in [0.5, 0.6) is 0 Å². The Morgan fingerprint density at radius 3 is 3.07 bits per heavy atom. The average molecular weight is 188 g/mol. The van der Waals surface area contributed by atoms with E-state index in [0.717, 1.165) is 11.0 Å². The van der Waals surface area contributed by atoms with Crippen LogP contribution in [-0.4, -0.2) is 15.7 Å². The third kappa shape index (κ3) is 1.35. The quantitative estimate of drug-likeness (QED) is 0.497. The molecule has 0 aliphatic heterocycles. The molecule has 4 N–H and O–H groups in total. The van der Waals surface area contributed by atoms with Gasteiger partial charge in [-0.25, -0.2) is 4.98 Å². The van der Waals surface area contributed by atoms with Gasteiger partial charge in [0.05, 0.1) is 16.7 Å². The van der Waals surface area contributed by atoms with Crippen LogP contribution in [0.15, 0.2) is 18.2 Å². The first-order valence-electron chi connectivity index (χ1n) is 4.53. The molecule has 2 aromatic rings. The SMILES string of the molecule is CCC(=N)c1nc2ccc(N)cc2[nH]1. The molecule has 0 saturated heterocycles. The number of fused-ring (bicyclic) bond motifs is 1. The van der Waals surface area contributed by atoms with Crippen molar-refractivity contribution in [2.45, 2.75) is 13.3 Å². The number of H-pyrrole nitrogens is 1. The molecular weight excluding hydrogens is 176 g/mol. The van der Waals surface area contributed by atoms with Crippen LogP contribution in [-0.2, 0) is 0 Å². The maximum atomic E-state index is 7.64. The highest BCUT2D eigenvalue weighted by atomic mass is 14.9. The van der Waals surface area contributed by atoms with Gasteiger partial charge in [0.15, 0.2) is 5.82 Å². The number of imidazole rings is 1. The highest BCUT2D eigenvalue weighted by Gasteiger charge is 2.05. The standard InChI is InChI=1S/C10H12N4/c1-2-7(12)10-13-8-4-3-6(11)5-9(8)14-10/h3-5,12H,2,11H2,1H3,(H,13,14). The van der Waals surface area contributed by atoms with E-state index in [-0.39, 0.29) is 0 Å². The molecule has 0 aliphatic rings. The molecule has 0 unspecified atom stereocenters. The van der Waals surface area contributed by atoms with Crippen molar-refractivity contribution in [3.63, 3.8) is 0 Å². The van der Waals surface area contributed by atoms with E-state index < -0.39 is 0 Å². The topological polar surface area (TPSA) is 78.6 Å². The lowest BCUT2D eigenvalue weighted by atomic mass is 10.3. The zero-order valence-corrected chi connectivity index (χ0v) is 7.96. The number of nitrogens with two attached hydrogens (primary N) is 1. The molecule has 4 nitrogen and oxygen atoms in total. The molecule has 0 spiro atoms. The third-order valence-electron chi connectivity index (χ3n) is 2.15. The van der Waals surface area contributed by atoms with Gasteiger partial charge in [-0.2, -0.15) is 0 Å². The lowest BCUT2D eigenvalue weighted by molar-refractivity contribution is 1.17. The van der Waals surface area contributed by atoms with Gasteiger partial charge in [-0.3, -0.25) is 0 Å². The van der Waals surface area contributed by atoms with Gasteiger partial charge >= 0.3 is 0 Å². The molecule has 0 radical (unpaired) electrons. The van der Waals surface area contributed by atoms with Gasteiger partial charge in [0.2, 0.25) is 0 Å². The Bertz CT molecular complexity index is 484. The van der Waals surface area contributed by atoms with Gasteiger partial charge < -0.3 is 16.1 Å². The molecule has 1 aromatic heterocycles. The molecule has 0 amide bonds. The number of nitrogen functional groups attached to an aromatic ring is 1. The smallest absolute Gasteiger partial charge is 0.152 e. The van der Waals surface area contributed by atoms with Crippen molar-refractivity contribution >= 4 is 22.4 Å². The number of benzene rings is 1. The largest absolute Gasteiger partial charge is 0.399 e. The summed E-state index contributed by atoms with van der Waals surface area (Å²) >= 11 is 0. The van der Waals surface area contributed by atoms with Crippen molar-refractivity contribution in [1.82, 2.24) is 9.97 Å². The molecule has 0 saturated carbocycles. The number of anilines is 1. The van der Waals surface area contributed by atoms with Crippen LogP contribution >= 0.6 is 0 Å². The summed E-state index contributed by atoms with van der Waals surface area (Å²) in [6.45, 7) is 1.93. The molecule has 72 valence electrons. The van der Waals surface area contributed by atoms with Crippen LogP contribution in [0.25, 0.3) is 11.0 Å². The van der Waals surface area contributed by atoms with Gasteiger partial charge in [-0.15, -0.1) is 0 Å². The molecule has 0 atom stereocenters. The summed E-state index contributed by atoms with van der Waals surface area (Å²) in [5.41, 5.74) is 8.60. The molecule has 14 heavy (non-hydrogen) atoms. The number of hydrogen-bond donors (Lipinski definition) is 3. The minimum atomic E-state index is 0.514. The van der Waals surface area contributed by atoms with Crippen molar-refractivity contribution < 1.29 is 0 Å². The van der Waals surface area contributed by atoms with Crippen LogP contribution in [0.3, 0.4) is 0 Å². The van der Waals surface area contributed by atoms with Gasteiger partial charge in [0.1, 0.15) is 0 Å². The molecule has 2 rings (SSSR count). The first-order chi connectivity index (χ1) is 6.70. The monoisotopic (exact) mass is 188 g/mol. The number of rotatable bonds is 2. The van der Waals surface area contributed by atoms with Crippen molar-refractivity contribution in [3.05, 3.63) is 24.0 Å². The zero-order valence-electron chi connectivity index (χ0n) is 7.96. The Balaban J connectivity index is 2.56. The fourth-order valence-corrected chi connectivity index (χ4v) is 1.34. The van der Waals surface area contributed by atoms with Crippen molar-refractivity contribution in [3.8, 4) is 0 Å². The minimum absolute atomic E-state index is 0.514. The summed E-state index contributed by atoms with van der Waals surface area (Å²) in [4.78, 5) is 7.36. The number of aromatic amines is 1. The average Bonchev–Trinajstić information content (AvgIpc) is 2.59. The normalized spacial score (nSPS) is 10.6. The van der Waals surface area contributed by atoms with Gasteiger partial charge in [0.25, 0.3) is 0 Å². The lowest BCUT2D eigenvalue weighted by Gasteiger charge is -1.91. The predicted octanol–water partition coefficient (Wildman–Crippen LogP) is 1.92. The van der Waals surface area contributed by atoms with E-state index in [1.165, 1.54) is 0 Å². The van der Waals surface area contributed by atoms with E-state index in [1.807, 2.05) is 25.1 Å². The summed E-state index contributed by atoms with van der Waals surface area (Å²) in [5.74, 6) is 0.633. The van der Waals surface area contributed by atoms with Crippen molar-refractivity contribution in [1.29, 1.82) is 5.41 Å². The van der Waals surface area contributed by atoms with Gasteiger partial charge in [-0.1, -0.05) is 6.92 Å². The molecule has 0 fully saturated rings. The van der Waals surface area contributed by atoms with Gasteiger partial charge in [0, 0.05) is 5.69 Å². The Morgan fingerprint density at radius 2 is 2.36 bits per heavy atom. The number of nitrogens with zero attached hydrogens (tertiary/aromatic N) is 1. The Labute approximate surface area is 81.7 Å². The molecule has 0 bridgehead atoms. The maximum absolute atomic E-state index is 7.64. The Kier molecular flexibility index (Phi) is 1.96.